The molecule has 0 saturated carbocycles. The van der Waals surface area contributed by atoms with Crippen LogP contribution in [0.25, 0.3) is 0 Å². The number of rotatable bonds is 5. The van der Waals surface area contributed by atoms with Crippen molar-refractivity contribution in [3.63, 3.8) is 0 Å². The van der Waals surface area contributed by atoms with E-state index in [1.54, 1.807) is 11.9 Å². The largest absolute Gasteiger partial charge is 0.480 e. The van der Waals surface area contributed by atoms with Crippen LogP contribution in [0.3, 0.4) is 0 Å². The molecule has 0 aromatic heterocycles. The Bertz CT molecular complexity index is 599. The fraction of sp³-hybridized carbons (Fsp3) is 0.467. The predicted molar refractivity (Wildman–Crippen MR) is 84.9 cm³/mol. The van der Waals surface area contributed by atoms with Crippen LogP contribution < -0.4 is 0 Å². The molecule has 0 unspecified atom stereocenters. The van der Waals surface area contributed by atoms with Gasteiger partial charge in [0.05, 0.1) is 24.8 Å². The molecule has 2 rings (SSSR count). The molecule has 0 spiro atoms. The van der Waals surface area contributed by atoms with E-state index in [0.717, 1.165) is 0 Å². The van der Waals surface area contributed by atoms with E-state index in [9.17, 15) is 14.0 Å². The van der Waals surface area contributed by atoms with Crippen LogP contribution in [0.4, 0.5) is 4.39 Å². The first-order valence-corrected chi connectivity index (χ1v) is 7.92. The van der Waals surface area contributed by atoms with Gasteiger partial charge in [-0.15, -0.1) is 0 Å². The van der Waals surface area contributed by atoms with E-state index < -0.39 is 17.7 Å². The summed E-state index contributed by atoms with van der Waals surface area (Å²) < 4.78 is 20.1. The van der Waals surface area contributed by atoms with E-state index >= 15 is 0 Å². The van der Waals surface area contributed by atoms with Crippen LogP contribution in [0.5, 0.6) is 0 Å². The van der Waals surface area contributed by atoms with E-state index in [-0.39, 0.29) is 18.2 Å². The third kappa shape index (κ3) is 4.98. The maximum atomic E-state index is 13.9. The Kier molecular flexibility index (Phi) is 6.09. The lowest BCUT2D eigenvalue weighted by molar-refractivity contribution is -0.138. The Morgan fingerprint density at radius 2 is 2.26 bits per heavy atom. The van der Waals surface area contributed by atoms with Gasteiger partial charge in [-0.25, -0.2) is 4.39 Å². The molecule has 1 aliphatic rings. The van der Waals surface area contributed by atoms with Crippen molar-refractivity contribution in [2.45, 2.75) is 6.10 Å². The van der Waals surface area contributed by atoms with Gasteiger partial charge >= 0.3 is 5.97 Å². The monoisotopic (exact) mass is 388 g/mol. The first-order valence-electron chi connectivity index (χ1n) is 7.13. The van der Waals surface area contributed by atoms with Crippen LogP contribution >= 0.6 is 15.9 Å². The third-order valence-electron chi connectivity index (χ3n) is 3.51. The molecule has 1 heterocycles. The Morgan fingerprint density at radius 3 is 2.96 bits per heavy atom. The standard InChI is InChI=1S/C15H18BrFN2O4/c1-18(9-14(20)21)7-11-8-19(4-5-23-11)15(22)12-6-10(16)2-3-13(12)17/h2-3,6,11H,4-5,7-9H2,1H3,(H,20,21)/t11-/m1/s1. The summed E-state index contributed by atoms with van der Waals surface area (Å²) >= 11 is 3.23. The predicted octanol–water partition coefficient (Wildman–Crippen LogP) is 1.45. The topological polar surface area (TPSA) is 70.1 Å². The summed E-state index contributed by atoms with van der Waals surface area (Å²) in [6, 6.07) is 4.24. The summed E-state index contributed by atoms with van der Waals surface area (Å²) in [7, 11) is 1.67. The van der Waals surface area contributed by atoms with Gasteiger partial charge in [0.15, 0.2) is 0 Å². The molecule has 1 aromatic rings. The van der Waals surface area contributed by atoms with Crippen molar-refractivity contribution < 1.29 is 23.8 Å². The van der Waals surface area contributed by atoms with E-state index in [1.807, 2.05) is 0 Å². The van der Waals surface area contributed by atoms with Gasteiger partial charge in [0.25, 0.3) is 5.91 Å². The van der Waals surface area contributed by atoms with Gasteiger partial charge in [0.2, 0.25) is 0 Å². The molecule has 6 nitrogen and oxygen atoms in total. The number of ether oxygens (including phenoxy) is 1. The number of nitrogens with zero attached hydrogens (tertiary/aromatic N) is 2. The van der Waals surface area contributed by atoms with Gasteiger partial charge in [-0.2, -0.15) is 0 Å². The number of carbonyl (C=O) groups is 2. The van der Waals surface area contributed by atoms with E-state index in [4.69, 9.17) is 9.84 Å². The number of aliphatic carboxylic acids is 1. The Balaban J connectivity index is 2.01. The van der Waals surface area contributed by atoms with E-state index in [1.165, 1.54) is 23.1 Å². The van der Waals surface area contributed by atoms with Gasteiger partial charge in [0.1, 0.15) is 5.82 Å². The molecule has 126 valence electrons. The van der Waals surface area contributed by atoms with Crippen LogP contribution in [-0.4, -0.2) is 72.7 Å². The minimum absolute atomic E-state index is 0.0129. The van der Waals surface area contributed by atoms with Crippen molar-refractivity contribution in [1.82, 2.24) is 9.80 Å². The van der Waals surface area contributed by atoms with Crippen molar-refractivity contribution in [3.05, 3.63) is 34.1 Å². The number of carboxylic acid groups (broad SMARTS) is 1. The molecule has 1 amide bonds. The number of carbonyl (C=O) groups excluding carboxylic acids is 1. The number of hydrogen-bond acceptors (Lipinski definition) is 4. The number of benzene rings is 1. The van der Waals surface area contributed by atoms with E-state index in [0.29, 0.717) is 30.7 Å². The first-order chi connectivity index (χ1) is 10.9. The molecular weight excluding hydrogens is 371 g/mol. The maximum Gasteiger partial charge on any atom is 0.317 e. The fourth-order valence-corrected chi connectivity index (χ4v) is 2.85. The highest BCUT2D eigenvalue weighted by Gasteiger charge is 2.27. The van der Waals surface area contributed by atoms with Gasteiger partial charge < -0.3 is 14.7 Å². The lowest BCUT2D eigenvalue weighted by Crippen LogP contribution is -2.49. The first kappa shape index (κ1) is 17.8. The normalized spacial score (nSPS) is 18.3. The summed E-state index contributed by atoms with van der Waals surface area (Å²) in [5.74, 6) is -1.88. The Hall–Kier alpha value is -1.51. The SMILES string of the molecule is CN(CC(=O)O)C[C@@H]1CN(C(=O)c2cc(Br)ccc2F)CCO1. The minimum Gasteiger partial charge on any atom is -0.480 e. The molecule has 1 aromatic carbocycles. The number of likely N-dealkylation sites (N-methyl/N-ethyl adjacent to an activating group) is 1. The minimum atomic E-state index is -0.924. The van der Waals surface area contributed by atoms with Crippen LogP contribution in [0.15, 0.2) is 22.7 Å². The van der Waals surface area contributed by atoms with Crippen molar-refractivity contribution >= 4 is 27.8 Å². The molecule has 1 aliphatic heterocycles. The summed E-state index contributed by atoms with van der Waals surface area (Å²) in [5, 5.41) is 8.77. The van der Waals surface area contributed by atoms with Gasteiger partial charge in [-0.1, -0.05) is 15.9 Å². The van der Waals surface area contributed by atoms with E-state index in [2.05, 4.69) is 15.9 Å². The zero-order valence-corrected chi connectivity index (χ0v) is 14.3. The quantitative estimate of drug-likeness (QED) is 0.826. The molecule has 1 saturated heterocycles. The smallest absolute Gasteiger partial charge is 0.317 e. The summed E-state index contributed by atoms with van der Waals surface area (Å²) in [5.41, 5.74) is 0.0129. The fourth-order valence-electron chi connectivity index (χ4n) is 2.49. The number of carboxylic acids is 1. The molecule has 1 atom stereocenters. The Labute approximate surface area is 141 Å². The molecule has 8 heteroatoms. The molecule has 0 bridgehead atoms. The number of morpholine rings is 1. The lowest BCUT2D eigenvalue weighted by Gasteiger charge is -2.34. The van der Waals surface area contributed by atoms with Gasteiger partial charge in [-0.05, 0) is 25.2 Å². The zero-order valence-electron chi connectivity index (χ0n) is 12.7. The lowest BCUT2D eigenvalue weighted by atomic mass is 10.1. The van der Waals surface area contributed by atoms with Crippen molar-refractivity contribution in [2.75, 3.05) is 39.8 Å². The molecule has 1 fully saturated rings. The van der Waals surface area contributed by atoms with Gasteiger partial charge in [0, 0.05) is 24.1 Å². The molecule has 0 aliphatic carbocycles. The van der Waals surface area contributed by atoms with Crippen LogP contribution in [0.1, 0.15) is 10.4 Å². The average molecular weight is 389 g/mol. The number of amides is 1. The maximum absolute atomic E-state index is 13.9. The van der Waals surface area contributed by atoms with Crippen molar-refractivity contribution in [2.24, 2.45) is 0 Å². The highest BCUT2D eigenvalue weighted by Crippen LogP contribution is 2.19. The van der Waals surface area contributed by atoms with Crippen LogP contribution in [-0.2, 0) is 9.53 Å². The second kappa shape index (κ2) is 7.85. The molecule has 1 N–H and O–H groups in total. The third-order valence-corrected chi connectivity index (χ3v) is 4.00. The van der Waals surface area contributed by atoms with Crippen molar-refractivity contribution in [3.8, 4) is 0 Å². The Morgan fingerprint density at radius 1 is 1.52 bits per heavy atom. The number of halogens is 2. The van der Waals surface area contributed by atoms with Crippen LogP contribution in [0.2, 0.25) is 0 Å². The molecular formula is C15H18BrFN2O4. The van der Waals surface area contributed by atoms with Crippen molar-refractivity contribution in [1.29, 1.82) is 0 Å². The highest BCUT2D eigenvalue weighted by atomic mass is 79.9. The average Bonchev–Trinajstić information content (AvgIpc) is 2.48. The number of hydrogen-bond donors (Lipinski definition) is 1. The summed E-state index contributed by atoms with van der Waals surface area (Å²) in [4.78, 5) is 26.3. The molecule has 0 radical (unpaired) electrons. The summed E-state index contributed by atoms with van der Waals surface area (Å²) in [6.07, 6.45) is -0.299. The van der Waals surface area contributed by atoms with Gasteiger partial charge in [-0.3, -0.25) is 14.5 Å². The second-order valence-electron chi connectivity index (χ2n) is 5.46. The molecule has 23 heavy (non-hydrogen) atoms. The second-order valence-corrected chi connectivity index (χ2v) is 6.37. The summed E-state index contributed by atoms with van der Waals surface area (Å²) in [6.45, 7) is 1.30. The van der Waals surface area contributed by atoms with Crippen LogP contribution in [0, 0.1) is 5.82 Å². The zero-order chi connectivity index (χ0) is 17.0. The highest BCUT2D eigenvalue weighted by molar-refractivity contribution is 9.10.